The van der Waals surface area contributed by atoms with E-state index in [0.717, 1.165) is 15.7 Å². The first-order valence-corrected chi connectivity index (χ1v) is 13.4. The minimum Gasteiger partial charge on any atom is -0.497 e. The van der Waals surface area contributed by atoms with E-state index in [1.54, 1.807) is 39.5 Å². The first-order valence-electron chi connectivity index (χ1n) is 13.4. The van der Waals surface area contributed by atoms with E-state index in [1.807, 2.05) is 35.8 Å². The maximum atomic E-state index is 13.3. The molecule has 216 valence electrons. The molecule has 0 radical (unpaired) electrons. The highest BCUT2D eigenvalue weighted by molar-refractivity contribution is 5.93. The van der Waals surface area contributed by atoms with E-state index < -0.39 is 5.69 Å². The van der Waals surface area contributed by atoms with E-state index in [2.05, 4.69) is 15.1 Å². The van der Waals surface area contributed by atoms with Crippen molar-refractivity contribution in [2.24, 2.45) is 14.1 Å². The van der Waals surface area contributed by atoms with E-state index in [-0.39, 0.29) is 18.0 Å². The van der Waals surface area contributed by atoms with Crippen LogP contribution in [-0.4, -0.2) is 76.4 Å². The van der Waals surface area contributed by atoms with Crippen LogP contribution < -0.4 is 30.9 Å². The number of carbonyl (C=O) groups is 1. The molecule has 1 N–H and O–H groups in total. The number of anilines is 2. The van der Waals surface area contributed by atoms with Crippen molar-refractivity contribution in [2.45, 2.75) is 13.5 Å². The number of rotatable bonds is 8. The zero-order valence-corrected chi connectivity index (χ0v) is 24.0. The predicted molar refractivity (Wildman–Crippen MR) is 157 cm³/mol. The molecule has 5 rings (SSSR count). The van der Waals surface area contributed by atoms with Crippen LogP contribution in [0.2, 0.25) is 0 Å². The monoisotopic (exact) mass is 561 g/mol. The molecule has 0 bridgehead atoms. The van der Waals surface area contributed by atoms with E-state index in [4.69, 9.17) is 14.5 Å². The number of amides is 1. The number of methoxy groups -OCH3 is 2. The van der Waals surface area contributed by atoms with Gasteiger partial charge < -0.3 is 19.7 Å². The normalized spacial score (nSPS) is 13.9. The van der Waals surface area contributed by atoms with Crippen LogP contribution in [0.25, 0.3) is 11.2 Å². The van der Waals surface area contributed by atoms with Gasteiger partial charge in [0.25, 0.3) is 5.56 Å². The fourth-order valence-electron chi connectivity index (χ4n) is 5.10. The molecule has 41 heavy (non-hydrogen) atoms. The van der Waals surface area contributed by atoms with Gasteiger partial charge in [-0.05, 0) is 24.6 Å². The van der Waals surface area contributed by atoms with Crippen molar-refractivity contribution in [2.75, 3.05) is 57.2 Å². The summed E-state index contributed by atoms with van der Waals surface area (Å²) in [5.74, 6) is 1.65. The number of ether oxygens (including phenoxy) is 2. The molecule has 0 aliphatic carbocycles. The number of carbonyl (C=O) groups excluding carboxylic acids is 1. The molecule has 1 aliphatic heterocycles. The van der Waals surface area contributed by atoms with Crippen molar-refractivity contribution >= 4 is 28.7 Å². The van der Waals surface area contributed by atoms with Gasteiger partial charge in [-0.3, -0.25) is 28.2 Å². The average molecular weight is 562 g/mol. The lowest BCUT2D eigenvalue weighted by Gasteiger charge is -2.35. The van der Waals surface area contributed by atoms with Crippen LogP contribution in [0.1, 0.15) is 11.1 Å². The highest BCUT2D eigenvalue weighted by Crippen LogP contribution is 2.29. The number of benzene rings is 2. The van der Waals surface area contributed by atoms with Gasteiger partial charge >= 0.3 is 5.69 Å². The Morgan fingerprint density at radius 3 is 2.32 bits per heavy atom. The van der Waals surface area contributed by atoms with Crippen LogP contribution in [0, 0.1) is 6.92 Å². The molecule has 1 fully saturated rings. The van der Waals surface area contributed by atoms with Gasteiger partial charge in [0.05, 0.1) is 33.0 Å². The van der Waals surface area contributed by atoms with E-state index in [0.29, 0.717) is 67.0 Å². The number of nitrogens with zero attached hydrogens (tertiary/aromatic N) is 6. The largest absolute Gasteiger partial charge is 0.497 e. The number of aromatic nitrogens is 4. The molecule has 12 heteroatoms. The summed E-state index contributed by atoms with van der Waals surface area (Å²) in [6.45, 7) is 5.13. The molecule has 0 saturated carbocycles. The van der Waals surface area contributed by atoms with Crippen molar-refractivity contribution in [3.8, 4) is 11.5 Å². The van der Waals surface area contributed by atoms with Crippen molar-refractivity contribution in [1.82, 2.24) is 23.6 Å². The van der Waals surface area contributed by atoms with Crippen LogP contribution in [0.3, 0.4) is 0 Å². The summed E-state index contributed by atoms with van der Waals surface area (Å²) in [4.78, 5) is 47.8. The first kappa shape index (κ1) is 28.0. The van der Waals surface area contributed by atoms with Gasteiger partial charge in [0, 0.05) is 46.3 Å². The smallest absolute Gasteiger partial charge is 0.332 e. The molecular formula is C29H35N7O5. The van der Waals surface area contributed by atoms with E-state index in [9.17, 15) is 14.4 Å². The lowest BCUT2D eigenvalue weighted by molar-refractivity contribution is -0.117. The summed E-state index contributed by atoms with van der Waals surface area (Å²) in [5, 5.41) is 2.92. The average Bonchev–Trinajstić information content (AvgIpc) is 3.35. The number of hydrogen-bond donors (Lipinski definition) is 1. The first-order chi connectivity index (χ1) is 19.7. The molecule has 2 aromatic heterocycles. The number of imidazole rings is 1. The molecule has 0 atom stereocenters. The Labute approximate surface area is 237 Å². The number of fused-ring (bicyclic) bond motifs is 1. The fourth-order valence-corrected chi connectivity index (χ4v) is 5.10. The van der Waals surface area contributed by atoms with Gasteiger partial charge in [0.2, 0.25) is 11.9 Å². The number of nitrogens with one attached hydrogen (secondary N) is 1. The molecule has 4 aromatic rings. The molecule has 0 unspecified atom stereocenters. The standard InChI is InChI=1S/C29H35N7O5/c1-19-6-8-20(9-7-19)17-36-25-26(32(2)29(39)33(3)27(25)38)31-28(36)35-14-12-34(13-15-35)18-24(37)30-22-11-10-21(40-4)16-23(22)41-5/h6-11,16H,12-15,17-18H2,1-5H3,(H,30,37). The third-order valence-corrected chi connectivity index (χ3v) is 7.49. The van der Waals surface area contributed by atoms with Gasteiger partial charge in [0.1, 0.15) is 11.5 Å². The second-order valence-electron chi connectivity index (χ2n) is 10.2. The predicted octanol–water partition coefficient (Wildman–Crippen LogP) is 1.57. The maximum absolute atomic E-state index is 13.3. The molecule has 2 aromatic carbocycles. The third kappa shape index (κ3) is 5.55. The number of piperazine rings is 1. The molecule has 1 aliphatic rings. The van der Waals surface area contributed by atoms with Crippen molar-refractivity contribution in [3.63, 3.8) is 0 Å². The zero-order chi connectivity index (χ0) is 29.3. The molecular weight excluding hydrogens is 526 g/mol. The topological polar surface area (TPSA) is 116 Å². The molecule has 0 spiro atoms. The number of hydrogen-bond acceptors (Lipinski definition) is 8. The van der Waals surface area contributed by atoms with Crippen LogP contribution in [0.5, 0.6) is 11.5 Å². The minimum absolute atomic E-state index is 0.146. The Morgan fingerprint density at radius 1 is 0.951 bits per heavy atom. The Balaban J connectivity index is 1.35. The summed E-state index contributed by atoms with van der Waals surface area (Å²) < 4.78 is 15.1. The summed E-state index contributed by atoms with van der Waals surface area (Å²) in [5.41, 5.74) is 2.70. The summed E-state index contributed by atoms with van der Waals surface area (Å²) in [7, 11) is 6.23. The van der Waals surface area contributed by atoms with E-state index in [1.165, 1.54) is 11.6 Å². The fraction of sp³-hybridized carbons (Fsp3) is 0.379. The highest BCUT2D eigenvalue weighted by atomic mass is 16.5. The maximum Gasteiger partial charge on any atom is 0.332 e. The molecule has 3 heterocycles. The summed E-state index contributed by atoms with van der Waals surface area (Å²) in [6, 6.07) is 13.4. The van der Waals surface area contributed by atoms with E-state index >= 15 is 0 Å². The summed E-state index contributed by atoms with van der Waals surface area (Å²) >= 11 is 0. The van der Waals surface area contributed by atoms with Crippen LogP contribution >= 0.6 is 0 Å². The molecule has 1 saturated heterocycles. The van der Waals surface area contributed by atoms with Crippen molar-refractivity contribution in [3.05, 3.63) is 74.4 Å². The van der Waals surface area contributed by atoms with Gasteiger partial charge in [0.15, 0.2) is 11.2 Å². The van der Waals surface area contributed by atoms with Crippen molar-refractivity contribution in [1.29, 1.82) is 0 Å². The van der Waals surface area contributed by atoms with Crippen LogP contribution in [-0.2, 0) is 25.4 Å². The Morgan fingerprint density at radius 2 is 1.66 bits per heavy atom. The second kappa shape index (κ2) is 11.5. The second-order valence-corrected chi connectivity index (χ2v) is 10.2. The van der Waals surface area contributed by atoms with Gasteiger partial charge in [-0.2, -0.15) is 4.98 Å². The Kier molecular flexibility index (Phi) is 7.84. The van der Waals surface area contributed by atoms with Gasteiger partial charge in [-0.15, -0.1) is 0 Å². The minimum atomic E-state index is -0.418. The zero-order valence-electron chi connectivity index (χ0n) is 24.0. The number of aryl methyl sites for hydroxylation is 2. The third-order valence-electron chi connectivity index (χ3n) is 7.49. The Hall–Kier alpha value is -4.58. The van der Waals surface area contributed by atoms with Crippen LogP contribution in [0.15, 0.2) is 52.1 Å². The lowest BCUT2D eigenvalue weighted by Crippen LogP contribution is -2.49. The lowest BCUT2D eigenvalue weighted by atomic mass is 10.1. The van der Waals surface area contributed by atoms with Gasteiger partial charge in [-0.1, -0.05) is 29.8 Å². The molecule has 1 amide bonds. The summed E-state index contributed by atoms with van der Waals surface area (Å²) in [6.07, 6.45) is 0. The van der Waals surface area contributed by atoms with Crippen molar-refractivity contribution < 1.29 is 14.3 Å². The molecule has 12 nitrogen and oxygen atoms in total. The highest BCUT2D eigenvalue weighted by Gasteiger charge is 2.26. The SMILES string of the molecule is COc1ccc(NC(=O)CN2CCN(c3nc4c(c(=O)n(C)c(=O)n4C)n3Cc3ccc(C)cc3)CC2)c(OC)c1. The van der Waals surface area contributed by atoms with Crippen LogP contribution in [0.4, 0.5) is 11.6 Å². The van der Waals surface area contributed by atoms with Gasteiger partial charge in [-0.25, -0.2) is 4.79 Å². The Bertz CT molecular complexity index is 1700. The quantitative estimate of drug-likeness (QED) is 0.345.